The van der Waals surface area contributed by atoms with Crippen LogP contribution in [0.15, 0.2) is 18.2 Å². The SMILES string of the molecule is C[C@@H]1CN(CC(=O)Nc2ccc3c(c2)OC2(CCCCC2)O3)C[C@@H](C)O1. The highest BCUT2D eigenvalue weighted by Crippen LogP contribution is 2.46. The van der Waals surface area contributed by atoms with Crippen LogP contribution < -0.4 is 14.8 Å². The zero-order chi connectivity index (χ0) is 18.1. The highest BCUT2D eigenvalue weighted by Gasteiger charge is 2.42. The molecule has 142 valence electrons. The second kappa shape index (κ2) is 7.08. The lowest BCUT2D eigenvalue weighted by atomic mass is 9.94. The number of carbonyl (C=O) groups excluding carboxylic acids is 1. The predicted molar refractivity (Wildman–Crippen MR) is 98.6 cm³/mol. The van der Waals surface area contributed by atoms with Crippen LogP contribution in [0.4, 0.5) is 5.69 Å². The Morgan fingerprint density at radius 2 is 1.81 bits per heavy atom. The van der Waals surface area contributed by atoms with Crippen molar-refractivity contribution in [2.24, 2.45) is 0 Å². The van der Waals surface area contributed by atoms with Gasteiger partial charge in [-0.2, -0.15) is 0 Å². The number of hydrogen-bond acceptors (Lipinski definition) is 5. The molecule has 0 bridgehead atoms. The standard InChI is InChI=1S/C20H28N2O4/c1-14-11-22(12-15(2)24-14)13-19(23)21-16-6-7-17-18(10-16)26-20(25-17)8-4-3-5-9-20/h6-7,10,14-15H,3-5,8-9,11-13H2,1-2H3,(H,21,23)/t14-,15-/m1/s1. The zero-order valence-corrected chi connectivity index (χ0v) is 15.6. The molecule has 0 aromatic heterocycles. The van der Waals surface area contributed by atoms with Crippen molar-refractivity contribution in [3.8, 4) is 11.5 Å². The second-order valence-corrected chi connectivity index (χ2v) is 7.84. The highest BCUT2D eigenvalue weighted by molar-refractivity contribution is 5.92. The average molecular weight is 360 g/mol. The molecule has 6 heteroatoms. The van der Waals surface area contributed by atoms with Crippen molar-refractivity contribution < 1.29 is 19.0 Å². The van der Waals surface area contributed by atoms with Gasteiger partial charge in [0.05, 0.1) is 18.8 Å². The molecule has 2 atom stereocenters. The van der Waals surface area contributed by atoms with Crippen LogP contribution in [-0.4, -0.2) is 48.4 Å². The Bertz CT molecular complexity index is 662. The van der Waals surface area contributed by atoms with Crippen LogP contribution in [0.25, 0.3) is 0 Å². The molecule has 26 heavy (non-hydrogen) atoms. The molecule has 2 aliphatic heterocycles. The van der Waals surface area contributed by atoms with Gasteiger partial charge in [-0.05, 0) is 38.8 Å². The number of nitrogens with zero attached hydrogens (tertiary/aromatic N) is 1. The molecule has 0 unspecified atom stereocenters. The smallest absolute Gasteiger partial charge is 0.251 e. The first kappa shape index (κ1) is 17.6. The summed E-state index contributed by atoms with van der Waals surface area (Å²) in [5.74, 6) is 1.01. The Morgan fingerprint density at radius 1 is 1.12 bits per heavy atom. The Labute approximate surface area is 154 Å². The van der Waals surface area contributed by atoms with Gasteiger partial charge in [0.25, 0.3) is 5.79 Å². The lowest BCUT2D eigenvalue weighted by molar-refractivity contribution is -0.121. The second-order valence-electron chi connectivity index (χ2n) is 7.84. The zero-order valence-electron chi connectivity index (χ0n) is 15.6. The minimum absolute atomic E-state index is 0.0162. The van der Waals surface area contributed by atoms with Crippen LogP contribution in [0.3, 0.4) is 0 Å². The number of ether oxygens (including phenoxy) is 3. The summed E-state index contributed by atoms with van der Waals surface area (Å²) in [6.45, 7) is 6.01. The number of carbonyl (C=O) groups is 1. The molecule has 2 fully saturated rings. The minimum atomic E-state index is -0.483. The first-order valence-corrected chi connectivity index (χ1v) is 9.71. The van der Waals surface area contributed by atoms with E-state index in [-0.39, 0.29) is 18.1 Å². The summed E-state index contributed by atoms with van der Waals surface area (Å²) < 4.78 is 17.9. The highest BCUT2D eigenvalue weighted by atomic mass is 16.7. The molecule has 6 nitrogen and oxygen atoms in total. The maximum atomic E-state index is 12.4. The number of benzene rings is 1. The molecule has 0 radical (unpaired) electrons. The monoisotopic (exact) mass is 360 g/mol. The van der Waals surface area contributed by atoms with Gasteiger partial charge < -0.3 is 19.5 Å². The summed E-state index contributed by atoms with van der Waals surface area (Å²) in [4.78, 5) is 14.6. The topological polar surface area (TPSA) is 60.0 Å². The van der Waals surface area contributed by atoms with Crippen molar-refractivity contribution in [3.63, 3.8) is 0 Å². The summed E-state index contributed by atoms with van der Waals surface area (Å²) in [6, 6.07) is 5.65. The number of fused-ring (bicyclic) bond motifs is 1. The Balaban J connectivity index is 1.36. The number of rotatable bonds is 3. The van der Waals surface area contributed by atoms with Gasteiger partial charge in [-0.25, -0.2) is 0 Å². The molecule has 1 aromatic carbocycles. The summed E-state index contributed by atoms with van der Waals surface area (Å²) in [6.07, 6.45) is 5.67. The van der Waals surface area contributed by atoms with Crippen LogP contribution in [0.2, 0.25) is 0 Å². The quantitative estimate of drug-likeness (QED) is 0.897. The minimum Gasteiger partial charge on any atom is -0.448 e. The Kier molecular flexibility index (Phi) is 4.80. The van der Waals surface area contributed by atoms with Gasteiger partial charge in [-0.3, -0.25) is 9.69 Å². The first-order valence-electron chi connectivity index (χ1n) is 9.71. The third-order valence-electron chi connectivity index (χ3n) is 5.30. The Morgan fingerprint density at radius 3 is 2.54 bits per heavy atom. The average Bonchev–Trinajstić information content (AvgIpc) is 2.91. The largest absolute Gasteiger partial charge is 0.448 e. The van der Waals surface area contributed by atoms with Gasteiger partial charge in [0, 0.05) is 37.7 Å². The lowest BCUT2D eigenvalue weighted by Gasteiger charge is -2.34. The van der Waals surface area contributed by atoms with Crippen molar-refractivity contribution in [2.75, 3.05) is 25.0 Å². The molecule has 1 aromatic rings. The van der Waals surface area contributed by atoms with E-state index in [0.717, 1.165) is 56.0 Å². The number of amides is 1. The van der Waals surface area contributed by atoms with E-state index >= 15 is 0 Å². The van der Waals surface area contributed by atoms with Crippen molar-refractivity contribution >= 4 is 11.6 Å². The van der Waals surface area contributed by atoms with E-state index in [0.29, 0.717) is 6.54 Å². The molecule has 2 heterocycles. The maximum absolute atomic E-state index is 12.4. The molecule has 1 saturated heterocycles. The molecule has 1 aliphatic carbocycles. The molecular formula is C20H28N2O4. The van der Waals surface area contributed by atoms with Gasteiger partial charge in [0.15, 0.2) is 11.5 Å². The molecular weight excluding hydrogens is 332 g/mol. The van der Waals surface area contributed by atoms with Crippen LogP contribution in [0.1, 0.15) is 46.0 Å². The Hall–Kier alpha value is -1.79. The van der Waals surface area contributed by atoms with Gasteiger partial charge in [0.1, 0.15) is 0 Å². The molecule has 1 saturated carbocycles. The van der Waals surface area contributed by atoms with Crippen molar-refractivity contribution in [3.05, 3.63) is 18.2 Å². The maximum Gasteiger partial charge on any atom is 0.251 e. The van der Waals surface area contributed by atoms with Gasteiger partial charge in [-0.15, -0.1) is 0 Å². The van der Waals surface area contributed by atoms with E-state index < -0.39 is 5.79 Å². The molecule has 3 aliphatic rings. The lowest BCUT2D eigenvalue weighted by Crippen LogP contribution is -2.48. The summed E-state index contributed by atoms with van der Waals surface area (Å²) in [5.41, 5.74) is 0.750. The summed E-state index contributed by atoms with van der Waals surface area (Å²) >= 11 is 0. The van der Waals surface area contributed by atoms with Crippen LogP contribution in [0, 0.1) is 0 Å². The third-order valence-corrected chi connectivity index (χ3v) is 5.30. The summed E-state index contributed by atoms with van der Waals surface area (Å²) in [5, 5.41) is 2.98. The van der Waals surface area contributed by atoms with Crippen molar-refractivity contribution in [1.82, 2.24) is 4.90 Å². The van der Waals surface area contributed by atoms with Crippen LogP contribution in [0.5, 0.6) is 11.5 Å². The number of hydrogen-bond donors (Lipinski definition) is 1. The normalized spacial score (nSPS) is 27.5. The van der Waals surface area contributed by atoms with Crippen LogP contribution >= 0.6 is 0 Å². The van der Waals surface area contributed by atoms with Gasteiger partial charge in [-0.1, -0.05) is 6.42 Å². The van der Waals surface area contributed by atoms with E-state index in [1.807, 2.05) is 32.0 Å². The molecule has 1 amide bonds. The van der Waals surface area contributed by atoms with E-state index in [1.54, 1.807) is 0 Å². The molecule has 4 rings (SSSR count). The number of morpholine rings is 1. The fourth-order valence-electron chi connectivity index (χ4n) is 4.28. The van der Waals surface area contributed by atoms with Crippen LogP contribution in [-0.2, 0) is 9.53 Å². The van der Waals surface area contributed by atoms with E-state index in [1.165, 1.54) is 6.42 Å². The fourth-order valence-corrected chi connectivity index (χ4v) is 4.28. The van der Waals surface area contributed by atoms with E-state index in [2.05, 4.69) is 10.2 Å². The summed E-state index contributed by atoms with van der Waals surface area (Å²) in [7, 11) is 0. The van der Waals surface area contributed by atoms with Crippen molar-refractivity contribution in [1.29, 1.82) is 0 Å². The van der Waals surface area contributed by atoms with Gasteiger partial charge in [0.2, 0.25) is 5.91 Å². The number of nitrogens with one attached hydrogen (secondary N) is 1. The van der Waals surface area contributed by atoms with Crippen molar-refractivity contribution in [2.45, 2.75) is 63.9 Å². The molecule has 1 N–H and O–H groups in total. The predicted octanol–water partition coefficient (Wildman–Crippen LogP) is 3.17. The third kappa shape index (κ3) is 3.81. The fraction of sp³-hybridized carbons (Fsp3) is 0.650. The van der Waals surface area contributed by atoms with Gasteiger partial charge >= 0.3 is 0 Å². The van der Waals surface area contributed by atoms with E-state index in [4.69, 9.17) is 14.2 Å². The van der Waals surface area contributed by atoms with E-state index in [9.17, 15) is 4.79 Å². The molecule has 1 spiro atoms. The number of anilines is 1. The first-order chi connectivity index (χ1) is 12.5.